The van der Waals surface area contributed by atoms with Crippen LogP contribution in [0.3, 0.4) is 0 Å². The first kappa shape index (κ1) is 13.9. The fourth-order valence-corrected chi connectivity index (χ4v) is 1.05. The van der Waals surface area contributed by atoms with Crippen molar-refractivity contribution in [3.8, 4) is 5.88 Å². The highest BCUT2D eigenvalue weighted by Gasteiger charge is 2.26. The van der Waals surface area contributed by atoms with Crippen LogP contribution in [0.1, 0.15) is 12.8 Å². The van der Waals surface area contributed by atoms with E-state index < -0.39 is 29.1 Å². The van der Waals surface area contributed by atoms with E-state index in [-0.39, 0.29) is 19.0 Å². The summed E-state index contributed by atoms with van der Waals surface area (Å²) in [7, 11) is 0. The van der Waals surface area contributed by atoms with Crippen molar-refractivity contribution in [3.05, 3.63) is 16.3 Å². The average molecular weight is 266 g/mol. The van der Waals surface area contributed by atoms with Crippen LogP contribution in [0.4, 0.5) is 24.8 Å². The van der Waals surface area contributed by atoms with E-state index in [1.54, 1.807) is 0 Å². The monoisotopic (exact) mass is 266 g/mol. The molecule has 10 heteroatoms. The minimum absolute atomic E-state index is 0.258. The predicted octanol–water partition coefficient (Wildman–Crippen LogP) is 1.69. The molecule has 0 saturated heterocycles. The minimum Gasteiger partial charge on any atom is -0.473 e. The molecular weight excluding hydrogens is 257 g/mol. The maximum atomic E-state index is 11.8. The number of nitrogen functional groups attached to an aromatic ring is 1. The van der Waals surface area contributed by atoms with Crippen LogP contribution in [-0.4, -0.2) is 27.7 Å². The zero-order valence-corrected chi connectivity index (χ0v) is 8.98. The van der Waals surface area contributed by atoms with Gasteiger partial charge in [0, 0.05) is 6.42 Å². The Labute approximate surface area is 98.9 Å². The van der Waals surface area contributed by atoms with E-state index in [9.17, 15) is 23.3 Å². The number of hydrogen-bond donors (Lipinski definition) is 1. The molecule has 0 spiro atoms. The molecule has 0 radical (unpaired) electrons. The number of nitro groups is 1. The second-order valence-corrected chi connectivity index (χ2v) is 3.24. The molecule has 0 bridgehead atoms. The Morgan fingerprint density at radius 2 is 2.17 bits per heavy atom. The van der Waals surface area contributed by atoms with E-state index in [2.05, 4.69) is 9.97 Å². The Balaban J connectivity index is 2.61. The van der Waals surface area contributed by atoms with Gasteiger partial charge in [0.1, 0.15) is 6.20 Å². The highest BCUT2D eigenvalue weighted by atomic mass is 19.4. The van der Waals surface area contributed by atoms with Gasteiger partial charge < -0.3 is 10.5 Å². The van der Waals surface area contributed by atoms with Crippen LogP contribution >= 0.6 is 0 Å². The standard InChI is InChI=1S/C8H9F3N4O3/c9-8(10,11)2-1-3-18-6-5(15(16)17)4-13-7(12)14-6/h4H,1-3H2,(H2,12,13,14). The lowest BCUT2D eigenvalue weighted by Crippen LogP contribution is -2.11. The SMILES string of the molecule is Nc1ncc([N+](=O)[O-])c(OCCCC(F)(F)F)n1. The lowest BCUT2D eigenvalue weighted by atomic mass is 10.3. The fraction of sp³-hybridized carbons (Fsp3) is 0.500. The lowest BCUT2D eigenvalue weighted by Gasteiger charge is -2.07. The highest BCUT2D eigenvalue weighted by Crippen LogP contribution is 2.25. The van der Waals surface area contributed by atoms with E-state index in [1.807, 2.05) is 0 Å². The van der Waals surface area contributed by atoms with Crippen molar-refractivity contribution in [1.82, 2.24) is 9.97 Å². The molecule has 0 saturated carbocycles. The first-order valence-electron chi connectivity index (χ1n) is 4.76. The van der Waals surface area contributed by atoms with Gasteiger partial charge in [0.25, 0.3) is 5.88 Å². The Bertz CT molecular complexity index is 438. The number of nitrogens with zero attached hydrogens (tertiary/aromatic N) is 3. The van der Waals surface area contributed by atoms with E-state index in [0.29, 0.717) is 0 Å². The molecule has 0 atom stereocenters. The van der Waals surface area contributed by atoms with Gasteiger partial charge in [-0.05, 0) is 6.42 Å². The zero-order valence-electron chi connectivity index (χ0n) is 8.98. The van der Waals surface area contributed by atoms with Crippen molar-refractivity contribution in [1.29, 1.82) is 0 Å². The Hall–Kier alpha value is -2.13. The molecule has 0 aromatic carbocycles. The van der Waals surface area contributed by atoms with Crippen LogP contribution in [0.5, 0.6) is 5.88 Å². The molecule has 1 aromatic rings. The quantitative estimate of drug-likeness (QED) is 0.494. The van der Waals surface area contributed by atoms with Crippen LogP contribution in [0.2, 0.25) is 0 Å². The largest absolute Gasteiger partial charge is 0.473 e. The maximum absolute atomic E-state index is 11.8. The number of anilines is 1. The van der Waals surface area contributed by atoms with E-state index in [4.69, 9.17) is 10.5 Å². The van der Waals surface area contributed by atoms with Gasteiger partial charge >= 0.3 is 11.9 Å². The molecule has 1 heterocycles. The number of rotatable bonds is 5. The van der Waals surface area contributed by atoms with Crippen molar-refractivity contribution in [2.45, 2.75) is 19.0 Å². The summed E-state index contributed by atoms with van der Waals surface area (Å²) in [6, 6.07) is 0. The van der Waals surface area contributed by atoms with Crippen LogP contribution in [0.15, 0.2) is 6.20 Å². The number of hydrogen-bond acceptors (Lipinski definition) is 6. The van der Waals surface area contributed by atoms with Gasteiger partial charge in [0.05, 0.1) is 11.5 Å². The Kier molecular flexibility index (Phi) is 4.23. The van der Waals surface area contributed by atoms with Gasteiger partial charge in [-0.3, -0.25) is 10.1 Å². The number of nitrogens with two attached hydrogens (primary N) is 1. The summed E-state index contributed by atoms with van der Waals surface area (Å²) in [5.41, 5.74) is 4.65. The molecule has 0 fully saturated rings. The second kappa shape index (κ2) is 5.47. The van der Waals surface area contributed by atoms with Crippen molar-refractivity contribution >= 4 is 11.6 Å². The Morgan fingerprint density at radius 3 is 2.72 bits per heavy atom. The van der Waals surface area contributed by atoms with Gasteiger partial charge in [-0.25, -0.2) is 4.98 Å². The molecule has 0 amide bonds. The minimum atomic E-state index is -4.29. The van der Waals surface area contributed by atoms with Crippen LogP contribution in [0, 0.1) is 10.1 Å². The molecule has 0 aliphatic heterocycles. The Morgan fingerprint density at radius 1 is 1.50 bits per heavy atom. The number of halogens is 3. The topological polar surface area (TPSA) is 104 Å². The number of alkyl halides is 3. The third-order valence-electron chi connectivity index (χ3n) is 1.79. The molecule has 7 nitrogen and oxygen atoms in total. The summed E-state index contributed by atoms with van der Waals surface area (Å²) in [6.07, 6.45) is -4.83. The summed E-state index contributed by atoms with van der Waals surface area (Å²) >= 11 is 0. The molecule has 1 rings (SSSR count). The van der Waals surface area contributed by atoms with Crippen LogP contribution < -0.4 is 10.5 Å². The fourth-order valence-electron chi connectivity index (χ4n) is 1.05. The lowest BCUT2D eigenvalue weighted by molar-refractivity contribution is -0.386. The van der Waals surface area contributed by atoms with E-state index in [0.717, 1.165) is 6.20 Å². The molecule has 1 aromatic heterocycles. The van der Waals surface area contributed by atoms with Gasteiger partial charge in [0.2, 0.25) is 5.95 Å². The summed E-state index contributed by atoms with van der Waals surface area (Å²) in [6.45, 7) is -0.350. The van der Waals surface area contributed by atoms with E-state index >= 15 is 0 Å². The van der Waals surface area contributed by atoms with Gasteiger partial charge in [0.15, 0.2) is 0 Å². The number of aromatic nitrogens is 2. The summed E-state index contributed by atoms with van der Waals surface area (Å²) in [5, 5.41) is 10.5. The number of ether oxygens (including phenoxy) is 1. The summed E-state index contributed by atoms with van der Waals surface area (Å²) in [4.78, 5) is 16.6. The van der Waals surface area contributed by atoms with Gasteiger partial charge in [-0.2, -0.15) is 18.2 Å². The highest BCUT2D eigenvalue weighted by molar-refractivity contribution is 5.41. The second-order valence-electron chi connectivity index (χ2n) is 3.24. The predicted molar refractivity (Wildman–Crippen MR) is 53.9 cm³/mol. The van der Waals surface area contributed by atoms with Crippen molar-refractivity contribution in [2.75, 3.05) is 12.3 Å². The molecule has 2 N–H and O–H groups in total. The van der Waals surface area contributed by atoms with Gasteiger partial charge in [-0.1, -0.05) is 0 Å². The average Bonchev–Trinajstić information content (AvgIpc) is 2.22. The maximum Gasteiger partial charge on any atom is 0.389 e. The van der Waals surface area contributed by atoms with E-state index in [1.165, 1.54) is 0 Å². The molecule has 0 aliphatic carbocycles. The van der Waals surface area contributed by atoms with Gasteiger partial charge in [-0.15, -0.1) is 0 Å². The molecule has 100 valence electrons. The first-order valence-corrected chi connectivity index (χ1v) is 4.76. The third kappa shape index (κ3) is 4.39. The molecule has 0 unspecified atom stereocenters. The summed E-state index contributed by atoms with van der Waals surface area (Å²) in [5.74, 6) is -0.693. The molecule has 18 heavy (non-hydrogen) atoms. The van der Waals surface area contributed by atoms with Crippen molar-refractivity contribution < 1.29 is 22.8 Å². The molecular formula is C8H9F3N4O3. The van der Waals surface area contributed by atoms with Crippen LogP contribution in [0.25, 0.3) is 0 Å². The normalized spacial score (nSPS) is 11.3. The molecule has 0 aliphatic rings. The van der Waals surface area contributed by atoms with Crippen LogP contribution in [-0.2, 0) is 0 Å². The zero-order chi connectivity index (χ0) is 13.8. The summed E-state index contributed by atoms with van der Waals surface area (Å²) < 4.78 is 40.3. The third-order valence-corrected chi connectivity index (χ3v) is 1.79. The first-order chi connectivity index (χ1) is 8.29. The van der Waals surface area contributed by atoms with Crippen molar-refractivity contribution in [2.24, 2.45) is 0 Å². The smallest absolute Gasteiger partial charge is 0.389 e. The van der Waals surface area contributed by atoms with Crippen molar-refractivity contribution in [3.63, 3.8) is 0 Å².